The molecule has 1 aliphatic rings. The number of hydrogen-bond donors (Lipinski definition) is 3. The Morgan fingerprint density at radius 2 is 1.70 bits per heavy atom. The van der Waals surface area contributed by atoms with Crippen molar-refractivity contribution in [1.82, 2.24) is 15.6 Å². The number of nitrogens with one attached hydrogen (secondary N) is 3. The number of ether oxygens (including phenoxy) is 1. The largest absolute Gasteiger partial charge is 0.489 e. The van der Waals surface area contributed by atoms with Crippen LogP contribution in [0.3, 0.4) is 0 Å². The summed E-state index contributed by atoms with van der Waals surface area (Å²) in [4.78, 5) is 52.3. The zero-order valence-electron chi connectivity index (χ0n) is 18.1. The van der Waals surface area contributed by atoms with E-state index in [4.69, 9.17) is 4.74 Å². The minimum atomic E-state index is -1.67. The molecule has 3 aromatic rings. The van der Waals surface area contributed by atoms with Gasteiger partial charge < -0.3 is 10.1 Å². The van der Waals surface area contributed by atoms with E-state index in [1.807, 2.05) is 47.9 Å². The molecule has 0 saturated carbocycles. The van der Waals surface area contributed by atoms with Gasteiger partial charge in [-0.15, -0.1) is 0 Å². The maximum atomic E-state index is 12.4. The first kappa shape index (κ1) is 21.9. The summed E-state index contributed by atoms with van der Waals surface area (Å²) in [6.45, 7) is 3.61. The molecule has 0 radical (unpaired) electrons. The van der Waals surface area contributed by atoms with Crippen molar-refractivity contribution in [3.8, 4) is 5.75 Å². The summed E-state index contributed by atoms with van der Waals surface area (Å²) in [7, 11) is 0. The second kappa shape index (κ2) is 8.70. The van der Waals surface area contributed by atoms with Crippen LogP contribution in [0.2, 0.25) is 0 Å². The third-order valence-electron chi connectivity index (χ3n) is 5.43. The fourth-order valence-corrected chi connectivity index (χ4v) is 3.61. The molecular weight excluding hydrogens is 424 g/mol. The lowest BCUT2D eigenvalue weighted by Crippen LogP contribution is -2.61. The topological polar surface area (TPSA) is 126 Å². The van der Waals surface area contributed by atoms with Crippen LogP contribution >= 0.6 is 0 Å². The summed E-state index contributed by atoms with van der Waals surface area (Å²) in [6.07, 6.45) is -0.412. The first-order valence-electron chi connectivity index (χ1n) is 10.3. The highest BCUT2D eigenvalue weighted by molar-refractivity contribution is 6.20. The number of fused-ring (bicyclic) bond motifs is 1. The molecule has 1 aromatic heterocycles. The number of nitrogens with zero attached hydrogens (tertiary/aromatic N) is 1. The van der Waals surface area contributed by atoms with E-state index in [9.17, 15) is 19.2 Å². The van der Waals surface area contributed by atoms with Crippen LogP contribution in [0.15, 0.2) is 54.6 Å². The van der Waals surface area contributed by atoms with Gasteiger partial charge in [0.1, 0.15) is 17.8 Å². The van der Waals surface area contributed by atoms with Crippen LogP contribution in [0, 0.1) is 12.3 Å². The van der Waals surface area contributed by atoms with Gasteiger partial charge in [0.25, 0.3) is 0 Å². The highest BCUT2D eigenvalue weighted by Gasteiger charge is 2.47. The molecule has 4 rings (SSSR count). The van der Waals surface area contributed by atoms with Crippen molar-refractivity contribution in [3.05, 3.63) is 65.9 Å². The lowest BCUT2D eigenvalue weighted by molar-refractivity contribution is -0.146. The molecule has 5 amide bonds. The molecule has 9 nitrogen and oxygen atoms in total. The Labute approximate surface area is 189 Å². The van der Waals surface area contributed by atoms with Gasteiger partial charge in [-0.25, -0.2) is 4.79 Å². The minimum Gasteiger partial charge on any atom is -0.489 e. The number of barbiturate groups is 1. The minimum absolute atomic E-state index is 0.358. The fraction of sp³-hybridized carbons (Fsp3) is 0.208. The monoisotopic (exact) mass is 446 g/mol. The molecule has 3 N–H and O–H groups in total. The van der Waals surface area contributed by atoms with E-state index in [2.05, 4.69) is 10.3 Å². The Morgan fingerprint density at radius 3 is 2.39 bits per heavy atom. The lowest BCUT2D eigenvalue weighted by Gasteiger charge is -2.29. The standard InChI is InChI=1S/C24H22N4O5/c1-14-11-15(18-5-3-4-6-19(18)25-14)13-33-17-9-7-16(8-10-17)26-20(29)12-24(2)21(30)27-23(32)28-22(24)31/h3-11H,12-13H2,1-2H3,(H,26,29)(H2,27,28,30,31,32). The molecule has 0 unspecified atom stereocenters. The van der Waals surface area contributed by atoms with Crippen LogP contribution in [0.25, 0.3) is 10.9 Å². The molecule has 1 aliphatic heterocycles. The zero-order chi connectivity index (χ0) is 23.6. The van der Waals surface area contributed by atoms with Gasteiger partial charge in [-0.1, -0.05) is 18.2 Å². The van der Waals surface area contributed by atoms with Crippen LogP contribution < -0.4 is 20.7 Å². The Kier molecular flexibility index (Phi) is 5.78. The Bertz CT molecular complexity index is 1250. The molecule has 0 atom stereocenters. The molecule has 2 heterocycles. The fourth-order valence-electron chi connectivity index (χ4n) is 3.61. The second-order valence-corrected chi connectivity index (χ2v) is 8.05. The number of pyridine rings is 1. The van der Waals surface area contributed by atoms with E-state index in [1.165, 1.54) is 6.92 Å². The predicted octanol–water partition coefficient (Wildman–Crippen LogP) is 2.82. The third-order valence-corrected chi connectivity index (χ3v) is 5.43. The number of imide groups is 2. The molecule has 1 fully saturated rings. The number of amides is 5. The van der Waals surface area contributed by atoms with Crippen molar-refractivity contribution in [3.63, 3.8) is 0 Å². The molecular formula is C24H22N4O5. The van der Waals surface area contributed by atoms with Gasteiger partial charge in [0.2, 0.25) is 17.7 Å². The summed E-state index contributed by atoms with van der Waals surface area (Å²) in [5.74, 6) is -1.55. The van der Waals surface area contributed by atoms with Crippen LogP contribution in [0.4, 0.5) is 10.5 Å². The molecule has 33 heavy (non-hydrogen) atoms. The smallest absolute Gasteiger partial charge is 0.328 e. The summed E-state index contributed by atoms with van der Waals surface area (Å²) >= 11 is 0. The van der Waals surface area contributed by atoms with Gasteiger partial charge >= 0.3 is 6.03 Å². The molecule has 9 heteroatoms. The van der Waals surface area contributed by atoms with Crippen LogP contribution in [0.5, 0.6) is 5.75 Å². The Morgan fingerprint density at radius 1 is 1.03 bits per heavy atom. The first-order chi connectivity index (χ1) is 15.7. The van der Waals surface area contributed by atoms with Gasteiger partial charge in [-0.05, 0) is 50.2 Å². The van der Waals surface area contributed by atoms with Crippen molar-refractivity contribution >= 4 is 40.3 Å². The SMILES string of the molecule is Cc1cc(COc2ccc(NC(=O)CC3(C)C(=O)NC(=O)NC3=O)cc2)c2ccccc2n1. The van der Waals surface area contributed by atoms with Crippen molar-refractivity contribution in [2.45, 2.75) is 26.9 Å². The van der Waals surface area contributed by atoms with Gasteiger partial charge in [-0.3, -0.25) is 30.0 Å². The maximum absolute atomic E-state index is 12.4. The number of aromatic nitrogens is 1. The van der Waals surface area contributed by atoms with Crippen molar-refractivity contribution in [2.24, 2.45) is 5.41 Å². The van der Waals surface area contributed by atoms with Crippen LogP contribution in [-0.4, -0.2) is 28.7 Å². The van der Waals surface area contributed by atoms with Crippen LogP contribution in [0.1, 0.15) is 24.6 Å². The van der Waals surface area contributed by atoms with E-state index in [0.29, 0.717) is 18.0 Å². The van der Waals surface area contributed by atoms with Gasteiger partial charge in [0, 0.05) is 22.3 Å². The van der Waals surface area contributed by atoms with Crippen molar-refractivity contribution in [2.75, 3.05) is 5.32 Å². The number of rotatable bonds is 6. The average molecular weight is 446 g/mol. The molecule has 2 aromatic carbocycles. The summed E-state index contributed by atoms with van der Waals surface area (Å²) in [5, 5.41) is 7.70. The third kappa shape index (κ3) is 4.67. The summed E-state index contributed by atoms with van der Waals surface area (Å²) in [6, 6.07) is 15.7. The number of hydrogen-bond acceptors (Lipinski definition) is 6. The number of carbonyl (C=O) groups is 4. The van der Waals surface area contributed by atoms with E-state index < -0.39 is 35.6 Å². The van der Waals surface area contributed by atoms with Gasteiger partial charge in [0.05, 0.1) is 11.9 Å². The zero-order valence-corrected chi connectivity index (χ0v) is 18.1. The predicted molar refractivity (Wildman–Crippen MR) is 120 cm³/mol. The molecule has 0 aliphatic carbocycles. The van der Waals surface area contributed by atoms with Gasteiger partial charge in [-0.2, -0.15) is 0 Å². The quantitative estimate of drug-likeness (QED) is 0.500. The average Bonchev–Trinajstić information content (AvgIpc) is 2.77. The van der Waals surface area contributed by atoms with Crippen molar-refractivity contribution < 1.29 is 23.9 Å². The number of anilines is 1. The highest BCUT2D eigenvalue weighted by atomic mass is 16.5. The van der Waals surface area contributed by atoms with Crippen LogP contribution in [-0.2, 0) is 21.0 Å². The molecule has 1 saturated heterocycles. The highest BCUT2D eigenvalue weighted by Crippen LogP contribution is 2.26. The van der Waals surface area contributed by atoms with E-state index >= 15 is 0 Å². The number of carbonyl (C=O) groups excluding carboxylic acids is 4. The number of urea groups is 1. The van der Waals surface area contributed by atoms with E-state index in [-0.39, 0.29) is 0 Å². The molecule has 168 valence electrons. The van der Waals surface area contributed by atoms with Crippen molar-refractivity contribution in [1.29, 1.82) is 0 Å². The summed E-state index contributed by atoms with van der Waals surface area (Å²) in [5.41, 5.74) is 1.64. The number of para-hydroxylation sites is 1. The molecule has 0 bridgehead atoms. The second-order valence-electron chi connectivity index (χ2n) is 8.05. The number of aryl methyl sites for hydroxylation is 1. The number of benzene rings is 2. The molecule has 0 spiro atoms. The Balaban J connectivity index is 1.38. The van der Waals surface area contributed by atoms with Gasteiger partial charge in [0.15, 0.2) is 0 Å². The summed E-state index contributed by atoms with van der Waals surface area (Å²) < 4.78 is 5.91. The Hall–Kier alpha value is -4.27. The maximum Gasteiger partial charge on any atom is 0.328 e. The first-order valence-corrected chi connectivity index (χ1v) is 10.3. The van der Waals surface area contributed by atoms with E-state index in [1.54, 1.807) is 24.3 Å². The lowest BCUT2D eigenvalue weighted by atomic mass is 9.83. The van der Waals surface area contributed by atoms with E-state index in [0.717, 1.165) is 22.2 Å². The normalized spacial score (nSPS) is 15.0.